The van der Waals surface area contributed by atoms with Crippen molar-refractivity contribution < 1.29 is 14.3 Å². The molecule has 0 unspecified atom stereocenters. The van der Waals surface area contributed by atoms with Crippen molar-refractivity contribution in [1.82, 2.24) is 10.2 Å². The number of ketones is 1. The van der Waals surface area contributed by atoms with Gasteiger partial charge in [0, 0.05) is 12.5 Å². The summed E-state index contributed by atoms with van der Waals surface area (Å²) in [6.07, 6.45) is 0. The number of nitrogens with zero attached hydrogens (tertiary/aromatic N) is 1. The fourth-order valence-corrected chi connectivity index (χ4v) is 1.72. The smallest absolute Gasteiger partial charge is 0.319 e. The molecule has 1 rings (SSSR count). The Balaban J connectivity index is 2.60. The first kappa shape index (κ1) is 14.0. The van der Waals surface area contributed by atoms with E-state index in [2.05, 4.69) is 5.32 Å². The minimum Gasteiger partial charge on any atom is -0.359 e. The molecule has 1 fully saturated rings. The maximum Gasteiger partial charge on any atom is 0.319 e. The van der Waals surface area contributed by atoms with Gasteiger partial charge in [0.25, 0.3) is 0 Å². The van der Waals surface area contributed by atoms with Crippen molar-refractivity contribution in [2.24, 2.45) is 11.8 Å². The van der Waals surface area contributed by atoms with Gasteiger partial charge in [0.1, 0.15) is 6.73 Å². The van der Waals surface area contributed by atoms with Crippen LogP contribution in [0.15, 0.2) is 0 Å². The molecule has 1 aliphatic heterocycles. The summed E-state index contributed by atoms with van der Waals surface area (Å²) < 4.78 is 5.11. The summed E-state index contributed by atoms with van der Waals surface area (Å²) >= 11 is 0. The molecule has 1 N–H and O–H groups in total. The first-order valence-corrected chi connectivity index (χ1v) is 6.10. The summed E-state index contributed by atoms with van der Waals surface area (Å²) in [6, 6.07) is -0.627. The average molecular weight is 242 g/mol. The van der Waals surface area contributed by atoms with Gasteiger partial charge in [-0.15, -0.1) is 0 Å². The molecular formula is C12H22N2O3. The Bertz CT molecular complexity index is 283. The molecule has 0 saturated carbocycles. The third kappa shape index (κ3) is 3.70. The van der Waals surface area contributed by atoms with Crippen LogP contribution in [0.3, 0.4) is 0 Å². The summed E-state index contributed by atoms with van der Waals surface area (Å²) in [6.45, 7) is 9.04. The lowest BCUT2D eigenvalue weighted by molar-refractivity contribution is -0.124. The van der Waals surface area contributed by atoms with Crippen molar-refractivity contribution in [3.63, 3.8) is 0 Å². The number of carbonyl (C=O) groups is 2. The minimum atomic E-state index is -0.414. The van der Waals surface area contributed by atoms with Crippen LogP contribution in [0.2, 0.25) is 0 Å². The van der Waals surface area contributed by atoms with Gasteiger partial charge in [-0.25, -0.2) is 4.79 Å². The number of urea groups is 1. The number of rotatable bonds is 4. The highest BCUT2D eigenvalue weighted by molar-refractivity contribution is 5.90. The van der Waals surface area contributed by atoms with E-state index in [1.807, 2.05) is 27.7 Å². The molecule has 0 aromatic carbocycles. The van der Waals surface area contributed by atoms with E-state index < -0.39 is 6.04 Å². The van der Waals surface area contributed by atoms with Crippen LogP contribution in [0, 0.1) is 11.8 Å². The summed E-state index contributed by atoms with van der Waals surface area (Å²) in [7, 11) is 0. The zero-order valence-corrected chi connectivity index (χ0v) is 11.0. The van der Waals surface area contributed by atoms with E-state index in [1.54, 1.807) is 4.90 Å². The second kappa shape index (κ2) is 6.00. The van der Waals surface area contributed by atoms with Crippen LogP contribution < -0.4 is 5.32 Å². The van der Waals surface area contributed by atoms with Gasteiger partial charge in [-0.2, -0.15) is 0 Å². The monoisotopic (exact) mass is 242 g/mol. The molecule has 0 aromatic rings. The van der Waals surface area contributed by atoms with Gasteiger partial charge in [-0.1, -0.05) is 27.7 Å². The normalized spacial score (nSPS) is 17.6. The molecule has 98 valence electrons. The quantitative estimate of drug-likeness (QED) is 0.806. The predicted octanol–water partition coefficient (Wildman–Crippen LogP) is 1.24. The van der Waals surface area contributed by atoms with Crippen LogP contribution >= 0.6 is 0 Å². The van der Waals surface area contributed by atoms with Crippen LogP contribution in [0.5, 0.6) is 0 Å². The Morgan fingerprint density at radius 2 is 1.88 bits per heavy atom. The van der Waals surface area contributed by atoms with Gasteiger partial charge in [-0.05, 0) is 5.92 Å². The number of carbonyl (C=O) groups excluding carboxylic acids is 2. The molecule has 0 aliphatic carbocycles. The first-order chi connectivity index (χ1) is 7.93. The van der Waals surface area contributed by atoms with Crippen LogP contribution in [0.4, 0.5) is 4.79 Å². The lowest BCUT2D eigenvalue weighted by Gasteiger charge is -2.25. The number of hydrogen-bond donors (Lipinski definition) is 1. The molecule has 17 heavy (non-hydrogen) atoms. The molecule has 2 amide bonds. The van der Waals surface area contributed by atoms with Gasteiger partial charge in [0.2, 0.25) is 0 Å². The fraction of sp³-hybridized carbons (Fsp3) is 0.833. The van der Waals surface area contributed by atoms with E-state index in [1.165, 1.54) is 0 Å². The van der Waals surface area contributed by atoms with E-state index in [-0.39, 0.29) is 23.7 Å². The number of hydrogen-bond acceptors (Lipinski definition) is 3. The maximum atomic E-state index is 12.0. The number of ether oxygens (including phenoxy) is 1. The molecule has 0 radical (unpaired) electrons. The van der Waals surface area contributed by atoms with E-state index >= 15 is 0 Å². The minimum absolute atomic E-state index is 0.0717. The standard InChI is InChI=1S/C12H22N2O3/c1-8(2)10(11(15)9(3)4)13-12(16)14-5-6-17-7-14/h8-10H,5-7H2,1-4H3,(H,13,16)/t10-/m0/s1. The Morgan fingerprint density at radius 1 is 1.24 bits per heavy atom. The fourth-order valence-electron chi connectivity index (χ4n) is 1.72. The van der Waals surface area contributed by atoms with Crippen LogP contribution in [-0.4, -0.2) is 42.6 Å². The van der Waals surface area contributed by atoms with Crippen LogP contribution in [0.25, 0.3) is 0 Å². The second-order valence-corrected chi connectivity index (χ2v) is 5.03. The highest BCUT2D eigenvalue weighted by Crippen LogP contribution is 2.10. The highest BCUT2D eigenvalue weighted by Gasteiger charge is 2.28. The number of nitrogens with one attached hydrogen (secondary N) is 1. The van der Waals surface area contributed by atoms with E-state index in [0.717, 1.165) is 0 Å². The summed E-state index contributed by atoms with van der Waals surface area (Å²) in [5.74, 6) is 0.100. The molecule has 1 heterocycles. The van der Waals surface area contributed by atoms with E-state index in [4.69, 9.17) is 4.74 Å². The largest absolute Gasteiger partial charge is 0.359 e. The van der Waals surface area contributed by atoms with Gasteiger partial charge >= 0.3 is 6.03 Å². The van der Waals surface area contributed by atoms with Crippen molar-refractivity contribution in [2.75, 3.05) is 19.9 Å². The predicted molar refractivity (Wildman–Crippen MR) is 64.5 cm³/mol. The van der Waals surface area contributed by atoms with Crippen molar-refractivity contribution >= 4 is 11.8 Å². The highest BCUT2D eigenvalue weighted by atomic mass is 16.5. The summed E-state index contributed by atoms with van der Waals surface area (Å²) in [5, 5.41) is 2.80. The van der Waals surface area contributed by atoms with Crippen LogP contribution in [0.1, 0.15) is 27.7 Å². The third-order valence-corrected chi connectivity index (χ3v) is 2.86. The molecule has 5 nitrogen and oxygen atoms in total. The molecule has 1 atom stereocenters. The van der Waals surface area contributed by atoms with Crippen molar-refractivity contribution in [3.8, 4) is 0 Å². The van der Waals surface area contributed by atoms with Crippen molar-refractivity contribution in [1.29, 1.82) is 0 Å². The molecule has 0 bridgehead atoms. The zero-order valence-electron chi connectivity index (χ0n) is 11.0. The Hall–Kier alpha value is -1.10. The molecular weight excluding hydrogens is 220 g/mol. The Kier molecular flexibility index (Phi) is 4.93. The molecule has 0 spiro atoms. The lowest BCUT2D eigenvalue weighted by Crippen LogP contribution is -2.50. The first-order valence-electron chi connectivity index (χ1n) is 6.10. The van der Waals surface area contributed by atoms with Crippen molar-refractivity contribution in [2.45, 2.75) is 33.7 Å². The molecule has 5 heteroatoms. The van der Waals surface area contributed by atoms with E-state index in [0.29, 0.717) is 19.9 Å². The van der Waals surface area contributed by atoms with Crippen molar-refractivity contribution in [3.05, 3.63) is 0 Å². The Morgan fingerprint density at radius 3 is 2.29 bits per heavy atom. The number of amides is 2. The molecule has 1 aliphatic rings. The zero-order chi connectivity index (χ0) is 13.0. The Labute approximate surface area is 102 Å². The SMILES string of the molecule is CC(C)C(=O)[C@@H](NC(=O)N1CCOC1)C(C)C. The molecule has 1 saturated heterocycles. The summed E-state index contributed by atoms with van der Waals surface area (Å²) in [4.78, 5) is 25.4. The van der Waals surface area contributed by atoms with E-state index in [9.17, 15) is 9.59 Å². The average Bonchev–Trinajstić information content (AvgIpc) is 2.77. The molecule has 0 aromatic heterocycles. The summed E-state index contributed by atoms with van der Waals surface area (Å²) in [5.41, 5.74) is 0. The van der Waals surface area contributed by atoms with Gasteiger partial charge in [-0.3, -0.25) is 9.69 Å². The second-order valence-electron chi connectivity index (χ2n) is 5.03. The van der Waals surface area contributed by atoms with Gasteiger partial charge < -0.3 is 10.1 Å². The van der Waals surface area contributed by atoms with Gasteiger partial charge in [0.05, 0.1) is 12.6 Å². The maximum absolute atomic E-state index is 12.0. The number of Topliss-reactive ketones (excluding diaryl/α,β-unsaturated/α-hetero) is 1. The van der Waals surface area contributed by atoms with Gasteiger partial charge in [0.15, 0.2) is 5.78 Å². The van der Waals surface area contributed by atoms with Crippen LogP contribution in [-0.2, 0) is 9.53 Å². The topological polar surface area (TPSA) is 58.6 Å². The third-order valence-electron chi connectivity index (χ3n) is 2.86. The lowest BCUT2D eigenvalue weighted by atomic mass is 9.93.